The summed E-state index contributed by atoms with van der Waals surface area (Å²) in [5.74, 6) is 2.63. The number of hydrogen-bond donors (Lipinski definition) is 2. The number of fused-ring (bicyclic) bond motifs is 3. The molecule has 2 heterocycles. The number of carboxylic acid groups (broad SMARTS) is 1. The summed E-state index contributed by atoms with van der Waals surface area (Å²) in [6.45, 7) is 3.98. The quantitative estimate of drug-likeness (QED) is 0.851. The topological polar surface area (TPSA) is 85.6 Å². The molecule has 27 heavy (non-hydrogen) atoms. The van der Waals surface area contributed by atoms with Gasteiger partial charge in [0, 0.05) is 36.5 Å². The second-order valence-electron chi connectivity index (χ2n) is 8.26. The zero-order valence-corrected chi connectivity index (χ0v) is 15.6. The van der Waals surface area contributed by atoms with E-state index in [1.165, 1.54) is 12.0 Å². The van der Waals surface area contributed by atoms with E-state index in [2.05, 4.69) is 16.3 Å². The lowest BCUT2D eigenvalue weighted by Gasteiger charge is -2.29. The number of rotatable bonds is 4. The fourth-order valence-electron chi connectivity index (χ4n) is 5.04. The Balaban J connectivity index is 1.29. The smallest absolute Gasteiger partial charge is 0.404 e. The Hall–Kier alpha value is -2.26. The molecular weight excluding hydrogens is 342 g/mol. The van der Waals surface area contributed by atoms with Gasteiger partial charge < -0.3 is 20.1 Å². The van der Waals surface area contributed by atoms with Crippen LogP contribution >= 0.6 is 0 Å². The van der Waals surface area contributed by atoms with E-state index in [1.807, 2.05) is 18.2 Å². The third-order valence-corrected chi connectivity index (χ3v) is 6.54. The summed E-state index contributed by atoms with van der Waals surface area (Å²) in [7, 11) is 0. The van der Waals surface area contributed by atoms with Crippen LogP contribution in [0.1, 0.15) is 49.1 Å². The standard InChI is InChI=1S/C21H27N3O3/c22-10-15-3-6-20-18(9-15)19-12-24(11-16(19)13-27-20)8-7-14-1-4-17(5-2-14)23-21(25)26/h3,6,9,14,16-17,19,23H,1-2,4-5,7-8,11-13H2,(H,25,26)/t14-,16-,17-,19+/m0/s1. The molecule has 1 saturated heterocycles. The van der Waals surface area contributed by atoms with Gasteiger partial charge in [0.1, 0.15) is 5.75 Å². The molecule has 2 aliphatic heterocycles. The van der Waals surface area contributed by atoms with Crippen molar-refractivity contribution >= 4 is 6.09 Å². The first-order chi connectivity index (χ1) is 13.1. The van der Waals surface area contributed by atoms with E-state index in [1.54, 1.807) is 0 Å². The van der Waals surface area contributed by atoms with Crippen LogP contribution in [0.15, 0.2) is 18.2 Å². The van der Waals surface area contributed by atoms with E-state index >= 15 is 0 Å². The molecule has 6 heteroatoms. The summed E-state index contributed by atoms with van der Waals surface area (Å²) >= 11 is 0. The van der Waals surface area contributed by atoms with E-state index in [-0.39, 0.29) is 6.04 Å². The molecule has 6 nitrogen and oxygen atoms in total. The summed E-state index contributed by atoms with van der Waals surface area (Å²) in [6.07, 6.45) is 4.43. The number of carbonyl (C=O) groups is 1. The van der Waals surface area contributed by atoms with E-state index in [0.717, 1.165) is 57.7 Å². The second kappa shape index (κ2) is 7.77. The molecule has 1 aliphatic carbocycles. The van der Waals surface area contributed by atoms with E-state index in [4.69, 9.17) is 9.84 Å². The Kier molecular flexibility index (Phi) is 5.22. The lowest BCUT2D eigenvalue weighted by molar-refractivity contribution is 0.179. The van der Waals surface area contributed by atoms with Gasteiger partial charge in [-0.3, -0.25) is 0 Å². The minimum atomic E-state index is -0.903. The molecule has 1 aromatic carbocycles. The van der Waals surface area contributed by atoms with Gasteiger partial charge in [-0.2, -0.15) is 5.26 Å². The zero-order valence-electron chi connectivity index (χ0n) is 15.6. The van der Waals surface area contributed by atoms with Crippen LogP contribution < -0.4 is 10.1 Å². The van der Waals surface area contributed by atoms with Gasteiger partial charge in [-0.15, -0.1) is 0 Å². The average Bonchev–Trinajstić information content (AvgIpc) is 3.10. The normalized spacial score (nSPS) is 29.9. The van der Waals surface area contributed by atoms with Crippen LogP contribution in [0.5, 0.6) is 5.75 Å². The fourth-order valence-corrected chi connectivity index (χ4v) is 5.04. The number of amides is 1. The minimum absolute atomic E-state index is 0.136. The van der Waals surface area contributed by atoms with Crippen LogP contribution in [0.3, 0.4) is 0 Å². The molecular formula is C21H27N3O3. The third-order valence-electron chi connectivity index (χ3n) is 6.54. The third kappa shape index (κ3) is 4.03. The van der Waals surface area contributed by atoms with Gasteiger partial charge in [-0.1, -0.05) is 0 Å². The molecule has 3 aliphatic rings. The highest BCUT2D eigenvalue weighted by atomic mass is 16.5. The highest BCUT2D eigenvalue weighted by molar-refractivity contribution is 5.64. The molecule has 0 spiro atoms. The maximum absolute atomic E-state index is 10.8. The molecule has 144 valence electrons. The summed E-state index contributed by atoms with van der Waals surface area (Å²) in [4.78, 5) is 13.3. The van der Waals surface area contributed by atoms with E-state index in [9.17, 15) is 10.1 Å². The van der Waals surface area contributed by atoms with Crippen LogP contribution in [0.25, 0.3) is 0 Å². The van der Waals surface area contributed by atoms with Gasteiger partial charge in [0.05, 0.1) is 18.2 Å². The van der Waals surface area contributed by atoms with Gasteiger partial charge in [0.25, 0.3) is 0 Å². The second-order valence-corrected chi connectivity index (χ2v) is 8.26. The van der Waals surface area contributed by atoms with Gasteiger partial charge >= 0.3 is 6.09 Å². The van der Waals surface area contributed by atoms with Crippen molar-refractivity contribution < 1.29 is 14.6 Å². The summed E-state index contributed by atoms with van der Waals surface area (Å²) in [5.41, 5.74) is 1.91. The lowest BCUT2D eigenvalue weighted by atomic mass is 9.84. The van der Waals surface area contributed by atoms with Gasteiger partial charge in [-0.25, -0.2) is 4.79 Å². The molecule has 1 saturated carbocycles. The first-order valence-corrected chi connectivity index (χ1v) is 10.0. The van der Waals surface area contributed by atoms with Crippen LogP contribution in [0.2, 0.25) is 0 Å². The van der Waals surface area contributed by atoms with Crippen molar-refractivity contribution in [2.24, 2.45) is 11.8 Å². The van der Waals surface area contributed by atoms with Crippen molar-refractivity contribution in [1.29, 1.82) is 5.26 Å². The van der Waals surface area contributed by atoms with Crippen molar-refractivity contribution in [1.82, 2.24) is 10.2 Å². The van der Waals surface area contributed by atoms with Crippen LogP contribution in [-0.4, -0.2) is 48.4 Å². The maximum atomic E-state index is 10.8. The number of nitrogens with zero attached hydrogens (tertiary/aromatic N) is 2. The van der Waals surface area contributed by atoms with Crippen LogP contribution in [-0.2, 0) is 0 Å². The molecule has 1 amide bonds. The van der Waals surface area contributed by atoms with Gasteiger partial charge in [0.2, 0.25) is 0 Å². The Morgan fingerprint density at radius 1 is 1.30 bits per heavy atom. The largest absolute Gasteiger partial charge is 0.493 e. The maximum Gasteiger partial charge on any atom is 0.404 e. The Labute approximate surface area is 160 Å². The fraction of sp³-hybridized carbons (Fsp3) is 0.619. The molecule has 0 unspecified atom stereocenters. The number of likely N-dealkylation sites (tertiary alicyclic amines) is 1. The minimum Gasteiger partial charge on any atom is -0.493 e. The Morgan fingerprint density at radius 2 is 2.11 bits per heavy atom. The molecule has 4 rings (SSSR count). The monoisotopic (exact) mass is 369 g/mol. The van der Waals surface area contributed by atoms with E-state index < -0.39 is 6.09 Å². The van der Waals surface area contributed by atoms with Crippen molar-refractivity contribution in [2.75, 3.05) is 26.2 Å². The zero-order chi connectivity index (χ0) is 18.8. The predicted molar refractivity (Wildman–Crippen MR) is 101 cm³/mol. The summed E-state index contributed by atoms with van der Waals surface area (Å²) < 4.78 is 5.93. The SMILES string of the molecule is N#Cc1ccc2c(c1)[C@@H]1CN(CC[C@H]3CC[C@H](NC(=O)O)CC3)C[C@H]1CO2. The van der Waals surface area contributed by atoms with Crippen molar-refractivity contribution in [2.45, 2.75) is 44.1 Å². The lowest BCUT2D eigenvalue weighted by Crippen LogP contribution is -2.37. The number of hydrogen-bond acceptors (Lipinski definition) is 4. The predicted octanol–water partition coefficient (Wildman–Crippen LogP) is 3.18. The number of nitrogens with one attached hydrogen (secondary N) is 1. The Bertz CT molecular complexity index is 737. The highest BCUT2D eigenvalue weighted by Crippen LogP contribution is 2.42. The summed E-state index contributed by atoms with van der Waals surface area (Å²) in [5, 5.41) is 20.6. The van der Waals surface area contributed by atoms with Crippen molar-refractivity contribution in [3.8, 4) is 11.8 Å². The van der Waals surface area contributed by atoms with Gasteiger partial charge in [0.15, 0.2) is 0 Å². The Morgan fingerprint density at radius 3 is 2.85 bits per heavy atom. The number of nitriles is 1. The highest BCUT2D eigenvalue weighted by Gasteiger charge is 2.38. The molecule has 0 aromatic heterocycles. The average molecular weight is 369 g/mol. The molecule has 0 radical (unpaired) electrons. The molecule has 2 fully saturated rings. The number of benzene rings is 1. The van der Waals surface area contributed by atoms with Crippen LogP contribution in [0.4, 0.5) is 4.79 Å². The van der Waals surface area contributed by atoms with Crippen LogP contribution in [0, 0.1) is 23.2 Å². The molecule has 0 bridgehead atoms. The van der Waals surface area contributed by atoms with Crippen molar-refractivity contribution in [3.05, 3.63) is 29.3 Å². The van der Waals surface area contributed by atoms with Crippen molar-refractivity contribution in [3.63, 3.8) is 0 Å². The first-order valence-electron chi connectivity index (χ1n) is 10.0. The molecule has 2 N–H and O–H groups in total. The van der Waals surface area contributed by atoms with Gasteiger partial charge in [-0.05, 0) is 62.8 Å². The number of ether oxygens (including phenoxy) is 1. The first kappa shape index (κ1) is 18.1. The summed E-state index contributed by atoms with van der Waals surface area (Å²) in [6, 6.07) is 8.16. The van der Waals surface area contributed by atoms with E-state index in [0.29, 0.717) is 23.3 Å². The molecule has 2 atom stereocenters. The molecule has 1 aromatic rings.